The molecule has 0 radical (unpaired) electrons. The van der Waals surface area contributed by atoms with Gasteiger partial charge in [-0.25, -0.2) is 4.79 Å². The minimum absolute atomic E-state index is 0.124. The van der Waals surface area contributed by atoms with E-state index in [1.54, 1.807) is 6.07 Å². The van der Waals surface area contributed by atoms with Crippen molar-refractivity contribution < 1.29 is 19.6 Å². The third-order valence-corrected chi connectivity index (χ3v) is 3.15. The molecule has 8 heteroatoms. The molecule has 0 saturated carbocycles. The summed E-state index contributed by atoms with van der Waals surface area (Å²) in [4.78, 5) is 33.1. The van der Waals surface area contributed by atoms with Gasteiger partial charge in [0.15, 0.2) is 0 Å². The highest BCUT2D eigenvalue weighted by Gasteiger charge is 2.19. The van der Waals surface area contributed by atoms with E-state index >= 15 is 0 Å². The van der Waals surface area contributed by atoms with Gasteiger partial charge >= 0.3 is 5.97 Å². The number of benzene rings is 1. The van der Waals surface area contributed by atoms with Crippen molar-refractivity contribution in [2.45, 2.75) is 38.1 Å². The summed E-state index contributed by atoms with van der Waals surface area (Å²) in [6, 6.07) is 6.57. The lowest BCUT2D eigenvalue weighted by Gasteiger charge is -2.14. The fourth-order valence-corrected chi connectivity index (χ4v) is 2.02. The summed E-state index contributed by atoms with van der Waals surface area (Å²) in [6.07, 6.45) is 1.53. The number of nitriles is 1. The number of nitrogens with one attached hydrogen (secondary N) is 1. The number of carboxylic acids is 1. The predicted molar refractivity (Wildman–Crippen MR) is 80.4 cm³/mol. The molecule has 0 aromatic heterocycles. The predicted octanol–water partition coefficient (Wildman–Crippen LogP) is 1.79. The Morgan fingerprint density at radius 2 is 2.13 bits per heavy atom. The monoisotopic (exact) mass is 319 g/mol. The minimum atomic E-state index is -1.14. The highest BCUT2D eigenvalue weighted by molar-refractivity contribution is 5.84. The Bertz CT molecular complexity index is 624. The van der Waals surface area contributed by atoms with Crippen LogP contribution in [0.25, 0.3) is 0 Å². The summed E-state index contributed by atoms with van der Waals surface area (Å²) < 4.78 is 0. The fourth-order valence-electron chi connectivity index (χ4n) is 2.02. The van der Waals surface area contributed by atoms with Crippen molar-refractivity contribution >= 4 is 17.6 Å². The standard InChI is InChI=1S/C15H17N3O5/c16-8-3-1-2-7-13(15(20)21)17-14(19)10-11-5-4-6-12(9-11)18(22)23/h4-6,9,13H,1-3,7,10H2,(H,17,19)(H,20,21)/t13-/m1/s1. The first-order valence-corrected chi connectivity index (χ1v) is 7.06. The highest BCUT2D eigenvalue weighted by atomic mass is 16.6. The van der Waals surface area contributed by atoms with E-state index in [1.165, 1.54) is 18.2 Å². The molecule has 0 aliphatic carbocycles. The van der Waals surface area contributed by atoms with Gasteiger partial charge in [-0.1, -0.05) is 12.1 Å². The molecule has 0 bridgehead atoms. The number of carboxylic acid groups (broad SMARTS) is 1. The summed E-state index contributed by atoms with van der Waals surface area (Å²) in [7, 11) is 0. The molecule has 1 rings (SSSR count). The van der Waals surface area contributed by atoms with Crippen molar-refractivity contribution in [2.75, 3.05) is 0 Å². The first kappa shape index (κ1) is 18.1. The van der Waals surface area contributed by atoms with Gasteiger partial charge in [-0.05, 0) is 24.8 Å². The van der Waals surface area contributed by atoms with Crippen molar-refractivity contribution in [3.05, 3.63) is 39.9 Å². The maximum atomic E-state index is 11.9. The molecule has 23 heavy (non-hydrogen) atoms. The maximum absolute atomic E-state index is 11.9. The van der Waals surface area contributed by atoms with E-state index in [4.69, 9.17) is 10.4 Å². The average molecular weight is 319 g/mol. The van der Waals surface area contributed by atoms with Crippen LogP contribution in [-0.4, -0.2) is 27.9 Å². The Morgan fingerprint density at radius 1 is 1.39 bits per heavy atom. The second kappa shape index (κ2) is 9.15. The molecule has 0 fully saturated rings. The number of aliphatic carboxylic acids is 1. The van der Waals surface area contributed by atoms with Crippen LogP contribution < -0.4 is 5.32 Å². The van der Waals surface area contributed by atoms with Crippen LogP contribution in [0.15, 0.2) is 24.3 Å². The van der Waals surface area contributed by atoms with Crippen LogP contribution in [0.3, 0.4) is 0 Å². The lowest BCUT2D eigenvalue weighted by Crippen LogP contribution is -2.41. The van der Waals surface area contributed by atoms with E-state index < -0.39 is 22.8 Å². The number of carbonyl (C=O) groups excluding carboxylic acids is 1. The topological polar surface area (TPSA) is 133 Å². The van der Waals surface area contributed by atoms with Crippen molar-refractivity contribution in [1.82, 2.24) is 5.32 Å². The van der Waals surface area contributed by atoms with Gasteiger partial charge in [-0.3, -0.25) is 14.9 Å². The molecule has 8 nitrogen and oxygen atoms in total. The first-order valence-electron chi connectivity index (χ1n) is 7.06. The molecule has 0 aliphatic heterocycles. The number of rotatable bonds is 9. The van der Waals surface area contributed by atoms with E-state index in [0.717, 1.165) is 0 Å². The van der Waals surface area contributed by atoms with Crippen LogP contribution >= 0.6 is 0 Å². The lowest BCUT2D eigenvalue weighted by atomic mass is 10.1. The number of nitro groups is 1. The van der Waals surface area contributed by atoms with Crippen LogP contribution in [0.1, 0.15) is 31.2 Å². The van der Waals surface area contributed by atoms with Gasteiger partial charge in [0.25, 0.3) is 5.69 Å². The van der Waals surface area contributed by atoms with Crippen LogP contribution in [0, 0.1) is 21.4 Å². The molecule has 1 amide bonds. The van der Waals surface area contributed by atoms with Gasteiger partial charge in [-0.15, -0.1) is 0 Å². The second-order valence-corrected chi connectivity index (χ2v) is 4.97. The van der Waals surface area contributed by atoms with Crippen LogP contribution in [0.5, 0.6) is 0 Å². The summed E-state index contributed by atoms with van der Waals surface area (Å²) in [5, 5.41) is 30.6. The zero-order valence-electron chi connectivity index (χ0n) is 12.4. The fraction of sp³-hybridized carbons (Fsp3) is 0.400. The number of non-ortho nitro benzene ring substituents is 1. The second-order valence-electron chi connectivity index (χ2n) is 4.97. The van der Waals surface area contributed by atoms with Crippen LogP contribution in [-0.2, 0) is 16.0 Å². The van der Waals surface area contributed by atoms with Crippen molar-refractivity contribution in [2.24, 2.45) is 0 Å². The molecule has 2 N–H and O–H groups in total. The van der Waals surface area contributed by atoms with Gasteiger partial charge in [0.2, 0.25) is 5.91 Å². The summed E-state index contributed by atoms with van der Waals surface area (Å²) >= 11 is 0. The zero-order chi connectivity index (χ0) is 17.2. The number of amides is 1. The van der Waals surface area contributed by atoms with E-state index in [1.807, 2.05) is 6.07 Å². The van der Waals surface area contributed by atoms with Crippen molar-refractivity contribution in [3.63, 3.8) is 0 Å². The van der Waals surface area contributed by atoms with Gasteiger partial charge in [0, 0.05) is 18.6 Å². The smallest absolute Gasteiger partial charge is 0.326 e. The van der Waals surface area contributed by atoms with Gasteiger partial charge in [0.05, 0.1) is 17.4 Å². The molecule has 0 spiro atoms. The Labute approximate surface area is 132 Å². The SMILES string of the molecule is N#CCCCC[C@@H](NC(=O)Cc1cccc([N+](=O)[O-])c1)C(=O)O. The summed E-state index contributed by atoms with van der Waals surface area (Å²) in [5.74, 6) is -1.66. The molecule has 0 heterocycles. The van der Waals surface area contributed by atoms with E-state index in [-0.39, 0.29) is 18.5 Å². The molecule has 0 unspecified atom stereocenters. The molecule has 1 atom stereocenters. The number of nitro benzene ring substituents is 1. The Morgan fingerprint density at radius 3 is 2.74 bits per heavy atom. The van der Waals surface area contributed by atoms with Crippen molar-refractivity contribution in [3.8, 4) is 6.07 Å². The van der Waals surface area contributed by atoms with Crippen molar-refractivity contribution in [1.29, 1.82) is 5.26 Å². The van der Waals surface area contributed by atoms with Gasteiger partial charge < -0.3 is 10.4 Å². The van der Waals surface area contributed by atoms with E-state index in [0.29, 0.717) is 24.8 Å². The molecule has 1 aromatic rings. The number of nitrogens with zero attached hydrogens (tertiary/aromatic N) is 2. The number of hydrogen-bond acceptors (Lipinski definition) is 5. The van der Waals surface area contributed by atoms with Gasteiger partial charge in [0.1, 0.15) is 6.04 Å². The molecule has 0 aliphatic rings. The zero-order valence-corrected chi connectivity index (χ0v) is 12.4. The third kappa shape index (κ3) is 6.56. The number of unbranched alkanes of at least 4 members (excludes halogenated alkanes) is 2. The minimum Gasteiger partial charge on any atom is -0.480 e. The summed E-state index contributed by atoms with van der Waals surface area (Å²) in [5.41, 5.74) is 0.312. The average Bonchev–Trinajstić information content (AvgIpc) is 2.50. The number of hydrogen-bond donors (Lipinski definition) is 2. The highest BCUT2D eigenvalue weighted by Crippen LogP contribution is 2.13. The third-order valence-electron chi connectivity index (χ3n) is 3.15. The molecular weight excluding hydrogens is 302 g/mol. The van der Waals surface area contributed by atoms with Gasteiger partial charge in [-0.2, -0.15) is 5.26 Å². The lowest BCUT2D eigenvalue weighted by molar-refractivity contribution is -0.384. The van der Waals surface area contributed by atoms with Crippen LogP contribution in [0.2, 0.25) is 0 Å². The first-order chi connectivity index (χ1) is 10.9. The van der Waals surface area contributed by atoms with E-state index in [2.05, 4.69) is 5.32 Å². The molecule has 1 aromatic carbocycles. The molecule has 122 valence electrons. The van der Waals surface area contributed by atoms with Crippen LogP contribution in [0.4, 0.5) is 5.69 Å². The largest absolute Gasteiger partial charge is 0.480 e. The Hall–Kier alpha value is -2.95. The Kier molecular flexibility index (Phi) is 7.20. The quantitative estimate of drug-likeness (QED) is 0.405. The number of carbonyl (C=O) groups is 2. The maximum Gasteiger partial charge on any atom is 0.326 e. The normalized spacial score (nSPS) is 11.3. The molecule has 0 saturated heterocycles. The Balaban J connectivity index is 2.58. The molecular formula is C15H17N3O5. The summed E-state index contributed by atoms with van der Waals surface area (Å²) in [6.45, 7) is 0. The van der Waals surface area contributed by atoms with E-state index in [9.17, 15) is 19.7 Å².